The number of hydrogen-bond donors (Lipinski definition) is 2. The second kappa shape index (κ2) is 8.75. The van der Waals surface area contributed by atoms with Crippen LogP contribution in [0.5, 0.6) is 0 Å². The quantitative estimate of drug-likeness (QED) is 0.375. The van der Waals surface area contributed by atoms with Crippen LogP contribution in [0.4, 0.5) is 0 Å². The number of guanidine groups is 1. The lowest BCUT2D eigenvalue weighted by molar-refractivity contribution is 0.683. The van der Waals surface area contributed by atoms with Crippen molar-refractivity contribution in [2.75, 3.05) is 13.6 Å². The molecule has 1 aromatic carbocycles. The SMILES string of the molecule is C/C=C/CCNC(=NC)NC(C)c1ccccc1Br. The monoisotopic (exact) mass is 323 g/mol. The van der Waals surface area contributed by atoms with Crippen molar-refractivity contribution in [1.82, 2.24) is 10.6 Å². The Balaban J connectivity index is 2.54. The molecule has 0 aliphatic rings. The zero-order chi connectivity index (χ0) is 14.1. The van der Waals surface area contributed by atoms with Crippen LogP contribution in [0.25, 0.3) is 0 Å². The molecule has 2 N–H and O–H groups in total. The van der Waals surface area contributed by atoms with Gasteiger partial charge in [0.1, 0.15) is 0 Å². The van der Waals surface area contributed by atoms with Crippen molar-refractivity contribution in [3.8, 4) is 0 Å². The lowest BCUT2D eigenvalue weighted by Gasteiger charge is -2.19. The van der Waals surface area contributed by atoms with Crippen molar-refractivity contribution >= 4 is 21.9 Å². The summed E-state index contributed by atoms with van der Waals surface area (Å²) in [6.45, 7) is 5.04. The highest BCUT2D eigenvalue weighted by molar-refractivity contribution is 9.10. The molecule has 0 radical (unpaired) electrons. The van der Waals surface area contributed by atoms with Crippen LogP contribution in [-0.2, 0) is 0 Å². The van der Waals surface area contributed by atoms with Gasteiger partial charge in [-0.3, -0.25) is 4.99 Å². The third-order valence-corrected chi connectivity index (χ3v) is 3.51. The van der Waals surface area contributed by atoms with Gasteiger partial charge in [0, 0.05) is 18.1 Å². The number of benzene rings is 1. The summed E-state index contributed by atoms with van der Waals surface area (Å²) in [6, 6.07) is 8.42. The van der Waals surface area contributed by atoms with Crippen molar-refractivity contribution in [1.29, 1.82) is 0 Å². The van der Waals surface area contributed by atoms with Gasteiger partial charge in [0.05, 0.1) is 6.04 Å². The number of halogens is 1. The summed E-state index contributed by atoms with van der Waals surface area (Å²) in [5.41, 5.74) is 1.22. The van der Waals surface area contributed by atoms with Gasteiger partial charge in [-0.15, -0.1) is 0 Å². The molecule has 0 heterocycles. The second-order valence-corrected chi connectivity index (χ2v) is 5.10. The first-order valence-corrected chi connectivity index (χ1v) is 7.31. The third kappa shape index (κ3) is 5.47. The zero-order valence-electron chi connectivity index (χ0n) is 11.8. The molecule has 1 unspecified atom stereocenters. The average Bonchev–Trinajstić information content (AvgIpc) is 2.42. The highest BCUT2D eigenvalue weighted by atomic mass is 79.9. The smallest absolute Gasteiger partial charge is 0.191 e. The number of rotatable bonds is 5. The molecule has 0 saturated heterocycles. The van der Waals surface area contributed by atoms with E-state index in [1.54, 1.807) is 7.05 Å². The van der Waals surface area contributed by atoms with E-state index >= 15 is 0 Å². The molecule has 0 spiro atoms. The molecule has 0 aliphatic carbocycles. The topological polar surface area (TPSA) is 36.4 Å². The summed E-state index contributed by atoms with van der Waals surface area (Å²) < 4.78 is 1.11. The van der Waals surface area contributed by atoms with Crippen LogP contribution in [0.1, 0.15) is 31.9 Å². The van der Waals surface area contributed by atoms with Crippen LogP contribution in [0, 0.1) is 0 Å². The van der Waals surface area contributed by atoms with Crippen molar-refractivity contribution in [2.45, 2.75) is 26.3 Å². The molecule has 0 saturated carbocycles. The van der Waals surface area contributed by atoms with Gasteiger partial charge < -0.3 is 10.6 Å². The summed E-state index contributed by atoms with van der Waals surface area (Å²) in [5.74, 6) is 0.827. The summed E-state index contributed by atoms with van der Waals surface area (Å²) in [6.07, 6.45) is 5.19. The van der Waals surface area contributed by atoms with Crippen LogP contribution in [0.2, 0.25) is 0 Å². The van der Waals surface area contributed by atoms with Crippen molar-refractivity contribution in [3.05, 3.63) is 46.5 Å². The molecule has 19 heavy (non-hydrogen) atoms. The van der Waals surface area contributed by atoms with E-state index in [9.17, 15) is 0 Å². The Labute approximate surface area is 124 Å². The van der Waals surface area contributed by atoms with E-state index in [1.807, 2.05) is 19.1 Å². The Bertz CT molecular complexity index is 441. The number of hydrogen-bond acceptors (Lipinski definition) is 1. The highest BCUT2D eigenvalue weighted by Gasteiger charge is 2.09. The molecule has 1 rings (SSSR count). The Morgan fingerprint density at radius 3 is 2.79 bits per heavy atom. The largest absolute Gasteiger partial charge is 0.356 e. The van der Waals surface area contributed by atoms with E-state index in [-0.39, 0.29) is 6.04 Å². The molecule has 0 amide bonds. The summed E-state index contributed by atoms with van der Waals surface area (Å²) in [5, 5.41) is 6.68. The van der Waals surface area contributed by atoms with E-state index in [2.05, 4.69) is 62.8 Å². The number of nitrogens with one attached hydrogen (secondary N) is 2. The average molecular weight is 324 g/mol. The molecule has 1 atom stereocenters. The van der Waals surface area contributed by atoms with Crippen LogP contribution >= 0.6 is 15.9 Å². The maximum absolute atomic E-state index is 4.24. The minimum atomic E-state index is 0.198. The zero-order valence-corrected chi connectivity index (χ0v) is 13.4. The van der Waals surface area contributed by atoms with Crippen LogP contribution in [-0.4, -0.2) is 19.6 Å². The molecular weight excluding hydrogens is 302 g/mol. The minimum absolute atomic E-state index is 0.198. The Morgan fingerprint density at radius 2 is 2.16 bits per heavy atom. The van der Waals surface area contributed by atoms with Gasteiger partial charge >= 0.3 is 0 Å². The lowest BCUT2D eigenvalue weighted by Crippen LogP contribution is -2.39. The summed E-state index contributed by atoms with van der Waals surface area (Å²) in [7, 11) is 1.79. The van der Waals surface area contributed by atoms with Gasteiger partial charge in [0.25, 0.3) is 0 Å². The molecule has 1 aromatic rings. The van der Waals surface area contributed by atoms with Gasteiger partial charge in [-0.1, -0.05) is 46.3 Å². The van der Waals surface area contributed by atoms with Crippen LogP contribution < -0.4 is 10.6 Å². The first kappa shape index (κ1) is 15.8. The molecule has 3 nitrogen and oxygen atoms in total. The third-order valence-electron chi connectivity index (χ3n) is 2.79. The molecule has 4 heteroatoms. The lowest BCUT2D eigenvalue weighted by atomic mass is 10.1. The highest BCUT2D eigenvalue weighted by Crippen LogP contribution is 2.22. The fraction of sp³-hybridized carbons (Fsp3) is 0.400. The Kier molecular flexibility index (Phi) is 7.26. The first-order valence-electron chi connectivity index (χ1n) is 6.51. The number of aliphatic imine (C=N–C) groups is 1. The Morgan fingerprint density at radius 1 is 1.42 bits per heavy atom. The Hall–Kier alpha value is -1.29. The summed E-state index contributed by atoms with van der Waals surface area (Å²) >= 11 is 3.57. The van der Waals surface area contributed by atoms with Gasteiger partial charge in [0.2, 0.25) is 0 Å². The fourth-order valence-electron chi connectivity index (χ4n) is 1.74. The molecular formula is C15H22BrN3. The predicted octanol–water partition coefficient (Wildman–Crippen LogP) is 3.64. The minimum Gasteiger partial charge on any atom is -0.356 e. The predicted molar refractivity (Wildman–Crippen MR) is 86.5 cm³/mol. The fourth-order valence-corrected chi connectivity index (χ4v) is 2.37. The van der Waals surface area contributed by atoms with Crippen molar-refractivity contribution < 1.29 is 0 Å². The van der Waals surface area contributed by atoms with Gasteiger partial charge in [-0.25, -0.2) is 0 Å². The first-order chi connectivity index (χ1) is 9.19. The van der Waals surface area contributed by atoms with Gasteiger partial charge in [-0.05, 0) is 31.9 Å². The maximum atomic E-state index is 4.24. The standard InChI is InChI=1S/C15H22BrN3/c1-4-5-8-11-18-15(17-3)19-12(2)13-9-6-7-10-14(13)16/h4-7,9-10,12H,8,11H2,1-3H3,(H2,17,18,19)/b5-4+. The molecule has 0 fully saturated rings. The molecule has 0 aliphatic heterocycles. The number of allylic oxidation sites excluding steroid dienone is 1. The van der Waals surface area contributed by atoms with Crippen LogP contribution in [0.3, 0.4) is 0 Å². The summed E-state index contributed by atoms with van der Waals surface area (Å²) in [4.78, 5) is 4.24. The van der Waals surface area contributed by atoms with Crippen molar-refractivity contribution in [3.63, 3.8) is 0 Å². The van der Waals surface area contributed by atoms with Gasteiger partial charge in [-0.2, -0.15) is 0 Å². The van der Waals surface area contributed by atoms with Crippen molar-refractivity contribution in [2.24, 2.45) is 4.99 Å². The van der Waals surface area contributed by atoms with Gasteiger partial charge in [0.15, 0.2) is 5.96 Å². The normalized spacial score (nSPS) is 13.6. The second-order valence-electron chi connectivity index (χ2n) is 4.24. The molecule has 0 bridgehead atoms. The van der Waals surface area contributed by atoms with E-state index < -0.39 is 0 Å². The maximum Gasteiger partial charge on any atom is 0.191 e. The van der Waals surface area contributed by atoms with E-state index in [0.717, 1.165) is 23.4 Å². The molecule has 104 valence electrons. The van der Waals surface area contributed by atoms with Crippen LogP contribution in [0.15, 0.2) is 45.9 Å². The molecule has 0 aromatic heterocycles. The van der Waals surface area contributed by atoms with E-state index in [4.69, 9.17) is 0 Å². The number of nitrogens with zero attached hydrogens (tertiary/aromatic N) is 1. The van der Waals surface area contributed by atoms with E-state index in [1.165, 1.54) is 5.56 Å². The van der Waals surface area contributed by atoms with E-state index in [0.29, 0.717) is 0 Å².